The first-order chi connectivity index (χ1) is 7.22. The van der Waals surface area contributed by atoms with Crippen molar-refractivity contribution in [3.63, 3.8) is 0 Å². The Morgan fingerprint density at radius 2 is 2.00 bits per heavy atom. The fourth-order valence-corrected chi connectivity index (χ4v) is 1.50. The highest BCUT2D eigenvalue weighted by molar-refractivity contribution is 6.00. The van der Waals surface area contributed by atoms with E-state index in [1.807, 2.05) is 23.6 Å². The number of phenols is 1. The highest BCUT2D eigenvalue weighted by atomic mass is 16.3. The lowest BCUT2D eigenvalue weighted by atomic mass is 10.1. The minimum absolute atomic E-state index is 0.0756. The van der Waals surface area contributed by atoms with E-state index in [1.54, 1.807) is 12.1 Å². The average Bonchev–Trinajstić information content (AvgIpc) is 2.28. The van der Waals surface area contributed by atoms with Crippen molar-refractivity contribution >= 4 is 16.7 Å². The van der Waals surface area contributed by atoms with Gasteiger partial charge in [-0.15, -0.1) is 0 Å². The summed E-state index contributed by atoms with van der Waals surface area (Å²) in [6.07, 6.45) is 0. The number of phenolic OH excluding ortho intramolecular Hbond substituents is 1. The number of nitrogens with one attached hydrogen (secondary N) is 1. The van der Waals surface area contributed by atoms with E-state index < -0.39 is 5.91 Å². The number of nitrogen functional groups attached to an aromatic ring is 1. The number of nitrogens with two attached hydrogens (primary N) is 1. The maximum atomic E-state index is 11.3. The third-order valence-corrected chi connectivity index (χ3v) is 2.23. The molecule has 4 N–H and O–H groups in total. The smallest absolute Gasteiger partial charge is 0.265 e. The zero-order valence-corrected chi connectivity index (χ0v) is 7.90. The lowest BCUT2D eigenvalue weighted by Gasteiger charge is -2.04. The highest BCUT2D eigenvalue weighted by Gasteiger charge is 2.07. The van der Waals surface area contributed by atoms with Crippen LogP contribution < -0.4 is 11.3 Å². The molecule has 0 aromatic heterocycles. The third kappa shape index (κ3) is 1.62. The number of carbonyl (C=O) groups excluding carboxylic acids is 1. The summed E-state index contributed by atoms with van der Waals surface area (Å²) < 4.78 is 0. The molecule has 2 aromatic carbocycles. The summed E-state index contributed by atoms with van der Waals surface area (Å²) in [4.78, 5) is 11.3. The van der Waals surface area contributed by atoms with Gasteiger partial charge in [-0.2, -0.15) is 0 Å². The van der Waals surface area contributed by atoms with Gasteiger partial charge in [0.15, 0.2) is 0 Å². The van der Waals surface area contributed by atoms with Crippen molar-refractivity contribution in [2.24, 2.45) is 5.84 Å². The van der Waals surface area contributed by atoms with Gasteiger partial charge in [0, 0.05) is 10.9 Å². The predicted molar refractivity (Wildman–Crippen MR) is 57.3 cm³/mol. The molecule has 0 radical (unpaired) electrons. The van der Waals surface area contributed by atoms with Crippen molar-refractivity contribution in [2.75, 3.05) is 0 Å². The molecule has 0 saturated carbocycles. The molecule has 0 atom stereocenters. The van der Waals surface area contributed by atoms with Gasteiger partial charge in [0.1, 0.15) is 5.75 Å². The summed E-state index contributed by atoms with van der Waals surface area (Å²) in [5.41, 5.74) is 2.36. The first-order valence-electron chi connectivity index (χ1n) is 4.45. The number of fused-ring (bicyclic) bond motifs is 1. The first kappa shape index (κ1) is 9.48. The zero-order valence-electron chi connectivity index (χ0n) is 7.90. The first-order valence-corrected chi connectivity index (χ1v) is 4.45. The Kier molecular flexibility index (Phi) is 2.27. The monoisotopic (exact) mass is 202 g/mol. The standard InChI is InChI=1S/C11H10N2O2/c12-13-11(15)8-5-7-3-1-2-4-9(7)10(14)6-8/h1-6,14H,12H2,(H,13,15). The van der Waals surface area contributed by atoms with Crippen molar-refractivity contribution in [2.45, 2.75) is 0 Å². The minimum atomic E-state index is -0.420. The van der Waals surface area contributed by atoms with Crippen LogP contribution in [0.25, 0.3) is 10.8 Å². The Labute approximate surface area is 86.3 Å². The minimum Gasteiger partial charge on any atom is -0.507 e. The number of rotatable bonds is 1. The Morgan fingerprint density at radius 3 is 2.73 bits per heavy atom. The van der Waals surface area contributed by atoms with E-state index in [0.717, 1.165) is 5.39 Å². The molecule has 0 bridgehead atoms. The molecule has 0 spiro atoms. The lowest BCUT2D eigenvalue weighted by Crippen LogP contribution is -2.29. The number of benzene rings is 2. The van der Waals surface area contributed by atoms with Gasteiger partial charge in [0.25, 0.3) is 5.91 Å². The second-order valence-electron chi connectivity index (χ2n) is 3.19. The molecule has 76 valence electrons. The number of aromatic hydroxyl groups is 1. The Balaban J connectivity index is 2.67. The van der Waals surface area contributed by atoms with Crippen molar-refractivity contribution < 1.29 is 9.90 Å². The summed E-state index contributed by atoms with van der Waals surface area (Å²) in [6.45, 7) is 0. The molecular weight excluding hydrogens is 192 g/mol. The quantitative estimate of drug-likeness (QED) is 0.369. The topological polar surface area (TPSA) is 75.3 Å². The fourth-order valence-electron chi connectivity index (χ4n) is 1.50. The number of amides is 1. The molecule has 1 amide bonds. The number of hydrogen-bond acceptors (Lipinski definition) is 3. The van der Waals surface area contributed by atoms with Crippen LogP contribution in [0.15, 0.2) is 36.4 Å². The second-order valence-corrected chi connectivity index (χ2v) is 3.19. The van der Waals surface area contributed by atoms with Crippen LogP contribution in [0.2, 0.25) is 0 Å². The Bertz CT molecular complexity index is 523. The van der Waals surface area contributed by atoms with Crippen molar-refractivity contribution in [3.05, 3.63) is 42.0 Å². The molecule has 2 aromatic rings. The van der Waals surface area contributed by atoms with Gasteiger partial charge in [-0.05, 0) is 17.5 Å². The molecule has 0 aliphatic heterocycles. The van der Waals surface area contributed by atoms with Crippen LogP contribution >= 0.6 is 0 Å². The van der Waals surface area contributed by atoms with Gasteiger partial charge < -0.3 is 5.11 Å². The number of carbonyl (C=O) groups is 1. The molecule has 0 heterocycles. The second kappa shape index (κ2) is 3.59. The average molecular weight is 202 g/mol. The molecule has 0 saturated heterocycles. The number of hydrazine groups is 1. The van der Waals surface area contributed by atoms with Crippen molar-refractivity contribution in [1.29, 1.82) is 0 Å². The van der Waals surface area contributed by atoms with Gasteiger partial charge >= 0.3 is 0 Å². The molecule has 2 rings (SSSR count). The van der Waals surface area contributed by atoms with E-state index in [2.05, 4.69) is 0 Å². The molecule has 0 aliphatic carbocycles. The van der Waals surface area contributed by atoms with E-state index in [1.165, 1.54) is 6.07 Å². The molecule has 0 fully saturated rings. The predicted octanol–water partition coefficient (Wildman–Crippen LogP) is 1.15. The van der Waals surface area contributed by atoms with Gasteiger partial charge in [-0.25, -0.2) is 5.84 Å². The number of hydrogen-bond donors (Lipinski definition) is 3. The zero-order chi connectivity index (χ0) is 10.8. The molecule has 4 nitrogen and oxygen atoms in total. The van der Waals surface area contributed by atoms with E-state index in [-0.39, 0.29) is 5.75 Å². The van der Waals surface area contributed by atoms with Gasteiger partial charge in [0.2, 0.25) is 0 Å². The highest BCUT2D eigenvalue weighted by Crippen LogP contribution is 2.25. The maximum Gasteiger partial charge on any atom is 0.265 e. The maximum absolute atomic E-state index is 11.3. The summed E-state index contributed by atoms with van der Waals surface area (Å²) in [5, 5.41) is 11.2. The van der Waals surface area contributed by atoms with Crippen LogP contribution in [0.4, 0.5) is 0 Å². The van der Waals surface area contributed by atoms with E-state index in [0.29, 0.717) is 10.9 Å². The third-order valence-electron chi connectivity index (χ3n) is 2.23. The van der Waals surface area contributed by atoms with Crippen LogP contribution in [0.5, 0.6) is 5.75 Å². The van der Waals surface area contributed by atoms with Crippen molar-refractivity contribution in [3.8, 4) is 5.75 Å². The molecule has 0 aliphatic rings. The largest absolute Gasteiger partial charge is 0.507 e. The molecule has 0 unspecified atom stereocenters. The van der Waals surface area contributed by atoms with Crippen LogP contribution in [-0.2, 0) is 0 Å². The lowest BCUT2D eigenvalue weighted by molar-refractivity contribution is 0.0953. The Morgan fingerprint density at radius 1 is 1.27 bits per heavy atom. The summed E-state index contributed by atoms with van der Waals surface area (Å²) in [5.74, 6) is 4.67. The van der Waals surface area contributed by atoms with Crippen molar-refractivity contribution in [1.82, 2.24) is 5.43 Å². The van der Waals surface area contributed by atoms with Crippen LogP contribution in [-0.4, -0.2) is 11.0 Å². The van der Waals surface area contributed by atoms with Crippen LogP contribution in [0, 0.1) is 0 Å². The summed E-state index contributed by atoms with van der Waals surface area (Å²) in [7, 11) is 0. The van der Waals surface area contributed by atoms with Gasteiger partial charge in [-0.1, -0.05) is 24.3 Å². The fraction of sp³-hybridized carbons (Fsp3) is 0. The van der Waals surface area contributed by atoms with Crippen LogP contribution in [0.3, 0.4) is 0 Å². The van der Waals surface area contributed by atoms with E-state index in [4.69, 9.17) is 5.84 Å². The van der Waals surface area contributed by atoms with E-state index >= 15 is 0 Å². The SMILES string of the molecule is NNC(=O)c1cc(O)c2ccccc2c1. The van der Waals surface area contributed by atoms with Crippen LogP contribution in [0.1, 0.15) is 10.4 Å². The van der Waals surface area contributed by atoms with Gasteiger partial charge in [-0.3, -0.25) is 10.2 Å². The summed E-state index contributed by atoms with van der Waals surface area (Å²) in [6, 6.07) is 10.3. The Hall–Kier alpha value is -2.07. The molecule has 15 heavy (non-hydrogen) atoms. The summed E-state index contributed by atoms with van der Waals surface area (Å²) >= 11 is 0. The van der Waals surface area contributed by atoms with E-state index in [9.17, 15) is 9.90 Å². The molecule has 4 heteroatoms. The van der Waals surface area contributed by atoms with Gasteiger partial charge in [0.05, 0.1) is 0 Å². The molecular formula is C11H10N2O2. The normalized spacial score (nSPS) is 10.2.